The first-order valence-electron chi connectivity index (χ1n) is 6.19. The Morgan fingerprint density at radius 1 is 1.25 bits per heavy atom. The van der Waals surface area contributed by atoms with E-state index in [1.165, 1.54) is 37.7 Å². The zero-order valence-electron chi connectivity index (χ0n) is 9.88. The first-order valence-corrected chi connectivity index (χ1v) is 6.57. The van der Waals surface area contributed by atoms with Crippen LogP contribution in [0, 0.1) is 5.92 Å². The van der Waals surface area contributed by atoms with Crippen molar-refractivity contribution in [2.24, 2.45) is 5.92 Å². The molecular weight excluding hydrogens is 218 g/mol. The molecule has 1 saturated carbocycles. The molecular formula is C14H20ClN. The summed E-state index contributed by atoms with van der Waals surface area (Å²) in [5.74, 6) is 0.840. The fourth-order valence-corrected chi connectivity index (χ4v) is 2.82. The van der Waals surface area contributed by atoms with Crippen LogP contribution in [0.2, 0.25) is 5.02 Å². The van der Waals surface area contributed by atoms with E-state index in [0.29, 0.717) is 0 Å². The summed E-state index contributed by atoms with van der Waals surface area (Å²) in [6.07, 6.45) is 6.60. The van der Waals surface area contributed by atoms with Gasteiger partial charge in [-0.1, -0.05) is 36.6 Å². The average molecular weight is 238 g/mol. The number of halogens is 1. The van der Waals surface area contributed by atoms with Gasteiger partial charge in [0.05, 0.1) is 0 Å². The minimum Gasteiger partial charge on any atom is -0.317 e. The monoisotopic (exact) mass is 237 g/mol. The molecule has 1 aliphatic carbocycles. The first-order chi connectivity index (χ1) is 7.78. The van der Waals surface area contributed by atoms with Crippen LogP contribution in [0.5, 0.6) is 0 Å². The zero-order chi connectivity index (χ0) is 11.4. The molecule has 1 aliphatic rings. The number of nitrogens with one attached hydrogen (secondary N) is 1. The molecule has 1 aromatic rings. The number of hydrogen-bond donors (Lipinski definition) is 1. The highest BCUT2D eigenvalue weighted by Gasteiger charge is 2.20. The van der Waals surface area contributed by atoms with Crippen molar-refractivity contribution in [1.29, 1.82) is 0 Å². The van der Waals surface area contributed by atoms with E-state index in [1.807, 2.05) is 12.1 Å². The normalized spacial score (nSPS) is 25.6. The van der Waals surface area contributed by atoms with Crippen molar-refractivity contribution in [3.63, 3.8) is 0 Å². The summed E-state index contributed by atoms with van der Waals surface area (Å²) in [4.78, 5) is 0. The Balaban J connectivity index is 1.91. The van der Waals surface area contributed by atoms with Gasteiger partial charge in [-0.05, 0) is 49.9 Å². The molecule has 0 spiro atoms. The summed E-state index contributed by atoms with van der Waals surface area (Å²) in [6.45, 7) is 0. The molecule has 1 fully saturated rings. The van der Waals surface area contributed by atoms with Crippen LogP contribution < -0.4 is 5.32 Å². The predicted molar refractivity (Wildman–Crippen MR) is 70.0 cm³/mol. The number of rotatable bonds is 3. The van der Waals surface area contributed by atoms with Crippen molar-refractivity contribution >= 4 is 11.6 Å². The first kappa shape index (κ1) is 11.9. The second-order valence-electron chi connectivity index (χ2n) is 4.85. The Labute approximate surface area is 103 Å². The fourth-order valence-electron chi connectivity index (χ4n) is 2.69. The van der Waals surface area contributed by atoms with Gasteiger partial charge in [-0.15, -0.1) is 0 Å². The lowest BCUT2D eigenvalue weighted by Gasteiger charge is -2.28. The minimum absolute atomic E-state index is 0.728. The molecule has 2 rings (SSSR count). The Hall–Kier alpha value is -0.530. The summed E-state index contributed by atoms with van der Waals surface area (Å²) in [6, 6.07) is 9.03. The van der Waals surface area contributed by atoms with Crippen molar-refractivity contribution in [2.75, 3.05) is 7.05 Å². The van der Waals surface area contributed by atoms with Crippen LogP contribution in [-0.4, -0.2) is 13.1 Å². The summed E-state index contributed by atoms with van der Waals surface area (Å²) in [5, 5.41) is 4.24. The van der Waals surface area contributed by atoms with Crippen LogP contribution in [0.3, 0.4) is 0 Å². The molecule has 2 atom stereocenters. The van der Waals surface area contributed by atoms with Crippen LogP contribution in [0.25, 0.3) is 0 Å². The molecule has 88 valence electrons. The zero-order valence-corrected chi connectivity index (χ0v) is 10.6. The molecule has 1 N–H and O–H groups in total. The lowest BCUT2D eigenvalue weighted by atomic mass is 9.82. The van der Waals surface area contributed by atoms with Gasteiger partial charge in [0.25, 0.3) is 0 Å². The third kappa shape index (κ3) is 3.23. The SMILES string of the molecule is CNC1CCCC(Cc2ccc(Cl)cc2)C1. The van der Waals surface area contributed by atoms with Crippen molar-refractivity contribution in [3.8, 4) is 0 Å². The van der Waals surface area contributed by atoms with Crippen LogP contribution in [0.15, 0.2) is 24.3 Å². The molecule has 1 nitrogen and oxygen atoms in total. The average Bonchev–Trinajstić information content (AvgIpc) is 2.32. The lowest BCUT2D eigenvalue weighted by molar-refractivity contribution is 0.294. The van der Waals surface area contributed by atoms with E-state index in [-0.39, 0.29) is 0 Å². The van der Waals surface area contributed by atoms with Crippen LogP contribution >= 0.6 is 11.6 Å². The second-order valence-corrected chi connectivity index (χ2v) is 5.29. The number of benzene rings is 1. The van der Waals surface area contributed by atoms with E-state index in [9.17, 15) is 0 Å². The third-order valence-electron chi connectivity index (χ3n) is 3.63. The van der Waals surface area contributed by atoms with E-state index >= 15 is 0 Å². The quantitative estimate of drug-likeness (QED) is 0.846. The van der Waals surface area contributed by atoms with E-state index in [4.69, 9.17) is 11.6 Å². The summed E-state index contributed by atoms with van der Waals surface area (Å²) < 4.78 is 0. The topological polar surface area (TPSA) is 12.0 Å². The molecule has 0 aliphatic heterocycles. The molecule has 2 unspecified atom stereocenters. The Kier molecular flexibility index (Phi) is 4.25. The van der Waals surface area contributed by atoms with Gasteiger partial charge in [-0.25, -0.2) is 0 Å². The third-order valence-corrected chi connectivity index (χ3v) is 3.88. The smallest absolute Gasteiger partial charge is 0.0406 e. The van der Waals surface area contributed by atoms with Gasteiger partial charge in [0, 0.05) is 11.1 Å². The van der Waals surface area contributed by atoms with Gasteiger partial charge in [-0.3, -0.25) is 0 Å². The Morgan fingerprint density at radius 2 is 2.00 bits per heavy atom. The largest absolute Gasteiger partial charge is 0.317 e. The van der Waals surface area contributed by atoms with Gasteiger partial charge in [0.2, 0.25) is 0 Å². The minimum atomic E-state index is 0.728. The molecule has 0 amide bonds. The second kappa shape index (κ2) is 5.70. The van der Waals surface area contributed by atoms with E-state index in [1.54, 1.807) is 0 Å². The highest BCUT2D eigenvalue weighted by molar-refractivity contribution is 6.30. The van der Waals surface area contributed by atoms with Crippen molar-refractivity contribution in [1.82, 2.24) is 5.32 Å². The van der Waals surface area contributed by atoms with E-state index in [2.05, 4.69) is 24.5 Å². The van der Waals surface area contributed by atoms with Crippen LogP contribution in [0.4, 0.5) is 0 Å². The van der Waals surface area contributed by atoms with Crippen LogP contribution in [-0.2, 0) is 6.42 Å². The molecule has 1 aromatic carbocycles. The van der Waals surface area contributed by atoms with Gasteiger partial charge < -0.3 is 5.32 Å². The Bertz CT molecular complexity index is 320. The molecule has 2 heteroatoms. The Morgan fingerprint density at radius 3 is 2.69 bits per heavy atom. The van der Waals surface area contributed by atoms with E-state index in [0.717, 1.165) is 17.0 Å². The highest BCUT2D eigenvalue weighted by Crippen LogP contribution is 2.27. The van der Waals surface area contributed by atoms with Crippen molar-refractivity contribution in [2.45, 2.75) is 38.1 Å². The molecule has 16 heavy (non-hydrogen) atoms. The fraction of sp³-hybridized carbons (Fsp3) is 0.571. The maximum atomic E-state index is 5.89. The summed E-state index contributed by atoms with van der Waals surface area (Å²) >= 11 is 5.89. The van der Waals surface area contributed by atoms with E-state index < -0.39 is 0 Å². The standard InChI is InChI=1S/C14H20ClN/c1-16-14-4-2-3-12(10-14)9-11-5-7-13(15)8-6-11/h5-8,12,14,16H,2-4,9-10H2,1H3. The van der Waals surface area contributed by atoms with Crippen molar-refractivity contribution in [3.05, 3.63) is 34.9 Å². The van der Waals surface area contributed by atoms with Gasteiger partial charge in [-0.2, -0.15) is 0 Å². The summed E-state index contributed by atoms with van der Waals surface area (Å²) in [7, 11) is 2.08. The van der Waals surface area contributed by atoms with Gasteiger partial charge >= 0.3 is 0 Å². The lowest BCUT2D eigenvalue weighted by Crippen LogP contribution is -2.31. The predicted octanol–water partition coefficient (Wildman–Crippen LogP) is 3.66. The van der Waals surface area contributed by atoms with Gasteiger partial charge in [0.1, 0.15) is 0 Å². The maximum Gasteiger partial charge on any atom is 0.0406 e. The highest BCUT2D eigenvalue weighted by atomic mass is 35.5. The van der Waals surface area contributed by atoms with Gasteiger partial charge in [0.15, 0.2) is 0 Å². The number of hydrogen-bond acceptors (Lipinski definition) is 1. The molecule has 0 aromatic heterocycles. The molecule has 0 saturated heterocycles. The summed E-state index contributed by atoms with van der Waals surface area (Å²) in [5.41, 5.74) is 1.42. The maximum absolute atomic E-state index is 5.89. The molecule has 0 heterocycles. The molecule has 0 radical (unpaired) electrons. The molecule has 0 bridgehead atoms. The van der Waals surface area contributed by atoms with Crippen molar-refractivity contribution < 1.29 is 0 Å². The van der Waals surface area contributed by atoms with Crippen LogP contribution in [0.1, 0.15) is 31.2 Å².